The van der Waals surface area contributed by atoms with Gasteiger partial charge in [-0.3, -0.25) is 4.79 Å². The zero-order valence-corrected chi connectivity index (χ0v) is 9.60. The summed E-state index contributed by atoms with van der Waals surface area (Å²) in [7, 11) is 0. The molecule has 0 saturated heterocycles. The Morgan fingerprint density at radius 2 is 2.08 bits per heavy atom. The fourth-order valence-electron chi connectivity index (χ4n) is 1.52. The summed E-state index contributed by atoms with van der Waals surface area (Å²) in [6.07, 6.45) is 1.77. The number of carbonyl (C=O) groups excluding carboxylic acids is 1. The van der Waals surface area contributed by atoms with E-state index in [9.17, 15) is 4.79 Å². The molecule has 0 fully saturated rings. The standard InChI is InChI=1S/C10H12BrNO/c1-4-8-6(2)9(5-13)10(11)12-7(8)3/h5H,4H2,1-3H3. The zero-order chi connectivity index (χ0) is 10.0. The number of pyridine rings is 1. The summed E-state index contributed by atoms with van der Waals surface area (Å²) < 4.78 is 0.648. The van der Waals surface area contributed by atoms with Gasteiger partial charge in [0, 0.05) is 5.69 Å². The number of hydrogen-bond donors (Lipinski definition) is 0. The first kappa shape index (κ1) is 10.4. The molecule has 1 rings (SSSR count). The summed E-state index contributed by atoms with van der Waals surface area (Å²) in [5.41, 5.74) is 3.88. The molecule has 0 saturated carbocycles. The molecular formula is C10H12BrNO. The molecule has 3 heteroatoms. The van der Waals surface area contributed by atoms with Crippen LogP contribution in [0.25, 0.3) is 0 Å². The van der Waals surface area contributed by atoms with Crippen molar-refractivity contribution in [2.75, 3.05) is 0 Å². The summed E-state index contributed by atoms with van der Waals surface area (Å²) >= 11 is 3.28. The van der Waals surface area contributed by atoms with E-state index in [0.717, 1.165) is 24.0 Å². The first-order valence-electron chi connectivity index (χ1n) is 4.22. The number of aromatic nitrogens is 1. The van der Waals surface area contributed by atoms with Crippen LogP contribution in [0.2, 0.25) is 0 Å². The van der Waals surface area contributed by atoms with Crippen LogP contribution >= 0.6 is 15.9 Å². The van der Waals surface area contributed by atoms with E-state index in [4.69, 9.17) is 0 Å². The van der Waals surface area contributed by atoms with Crippen LogP contribution < -0.4 is 0 Å². The molecule has 0 amide bonds. The van der Waals surface area contributed by atoms with Crippen molar-refractivity contribution < 1.29 is 4.79 Å². The molecule has 0 atom stereocenters. The van der Waals surface area contributed by atoms with Crippen molar-refractivity contribution in [2.45, 2.75) is 27.2 Å². The lowest BCUT2D eigenvalue weighted by Crippen LogP contribution is -2.01. The first-order chi connectivity index (χ1) is 6.11. The van der Waals surface area contributed by atoms with Gasteiger partial charge in [-0.05, 0) is 47.3 Å². The van der Waals surface area contributed by atoms with Crippen molar-refractivity contribution in [3.63, 3.8) is 0 Å². The van der Waals surface area contributed by atoms with E-state index in [0.29, 0.717) is 10.2 Å². The van der Waals surface area contributed by atoms with E-state index >= 15 is 0 Å². The van der Waals surface area contributed by atoms with E-state index in [2.05, 4.69) is 27.8 Å². The van der Waals surface area contributed by atoms with E-state index in [1.54, 1.807) is 0 Å². The maximum absolute atomic E-state index is 10.8. The molecule has 0 radical (unpaired) electrons. The van der Waals surface area contributed by atoms with Crippen molar-refractivity contribution in [2.24, 2.45) is 0 Å². The molecule has 70 valence electrons. The predicted octanol–water partition coefficient (Wildman–Crippen LogP) is 2.84. The highest BCUT2D eigenvalue weighted by Crippen LogP contribution is 2.22. The van der Waals surface area contributed by atoms with Crippen molar-refractivity contribution in [1.29, 1.82) is 0 Å². The van der Waals surface area contributed by atoms with Gasteiger partial charge in [0.05, 0.1) is 5.56 Å². The molecule has 0 unspecified atom stereocenters. The molecule has 0 N–H and O–H groups in total. The minimum atomic E-state index is 0.648. The number of aldehydes is 1. The van der Waals surface area contributed by atoms with Crippen molar-refractivity contribution >= 4 is 22.2 Å². The zero-order valence-electron chi connectivity index (χ0n) is 8.02. The van der Waals surface area contributed by atoms with Crippen LogP contribution in [0.5, 0.6) is 0 Å². The number of nitrogens with zero attached hydrogens (tertiary/aromatic N) is 1. The second-order valence-corrected chi connectivity index (χ2v) is 3.73. The molecule has 0 aromatic carbocycles. The summed E-state index contributed by atoms with van der Waals surface area (Å²) in [5.74, 6) is 0. The van der Waals surface area contributed by atoms with Gasteiger partial charge in [-0.25, -0.2) is 4.98 Å². The van der Waals surface area contributed by atoms with E-state index in [1.807, 2.05) is 13.8 Å². The Balaban J connectivity index is 3.47. The maximum Gasteiger partial charge on any atom is 0.153 e. The molecule has 13 heavy (non-hydrogen) atoms. The second-order valence-electron chi connectivity index (χ2n) is 2.98. The fraction of sp³-hybridized carbons (Fsp3) is 0.400. The van der Waals surface area contributed by atoms with Crippen LogP contribution in [0.15, 0.2) is 4.60 Å². The SMILES string of the molecule is CCc1c(C)nc(Br)c(C=O)c1C. The van der Waals surface area contributed by atoms with Gasteiger partial charge in [0.2, 0.25) is 0 Å². The molecule has 0 aliphatic carbocycles. The van der Waals surface area contributed by atoms with Crippen molar-refractivity contribution in [3.05, 3.63) is 27.0 Å². The van der Waals surface area contributed by atoms with Gasteiger partial charge in [0.15, 0.2) is 6.29 Å². The lowest BCUT2D eigenvalue weighted by Gasteiger charge is -2.10. The predicted molar refractivity (Wildman–Crippen MR) is 56.2 cm³/mol. The summed E-state index contributed by atoms with van der Waals surface area (Å²) in [4.78, 5) is 15.0. The number of halogens is 1. The highest BCUT2D eigenvalue weighted by molar-refractivity contribution is 9.10. The Morgan fingerprint density at radius 1 is 1.46 bits per heavy atom. The van der Waals surface area contributed by atoms with Crippen LogP contribution in [0.3, 0.4) is 0 Å². The Labute approximate surface area is 86.5 Å². The molecule has 1 aromatic heterocycles. The van der Waals surface area contributed by atoms with Crippen LogP contribution in [0, 0.1) is 13.8 Å². The van der Waals surface area contributed by atoms with Crippen LogP contribution in [0.1, 0.15) is 34.1 Å². The lowest BCUT2D eigenvalue weighted by atomic mass is 10.0. The molecule has 1 heterocycles. The average Bonchev–Trinajstić information content (AvgIpc) is 2.04. The van der Waals surface area contributed by atoms with Crippen LogP contribution in [0.4, 0.5) is 0 Å². The first-order valence-corrected chi connectivity index (χ1v) is 5.01. The van der Waals surface area contributed by atoms with Crippen molar-refractivity contribution in [1.82, 2.24) is 4.98 Å². The second kappa shape index (κ2) is 4.01. The monoisotopic (exact) mass is 241 g/mol. The van der Waals surface area contributed by atoms with Gasteiger partial charge >= 0.3 is 0 Å². The van der Waals surface area contributed by atoms with Gasteiger partial charge in [-0.1, -0.05) is 6.92 Å². The normalized spacial score (nSPS) is 10.2. The van der Waals surface area contributed by atoms with Gasteiger partial charge < -0.3 is 0 Å². The van der Waals surface area contributed by atoms with Crippen LogP contribution in [-0.2, 0) is 6.42 Å². The third-order valence-electron chi connectivity index (χ3n) is 2.25. The average molecular weight is 242 g/mol. The third kappa shape index (κ3) is 1.80. The van der Waals surface area contributed by atoms with E-state index in [-0.39, 0.29) is 0 Å². The molecule has 1 aromatic rings. The Kier molecular flexibility index (Phi) is 3.20. The van der Waals surface area contributed by atoms with Gasteiger partial charge in [0.1, 0.15) is 4.60 Å². The molecule has 0 aliphatic rings. The third-order valence-corrected chi connectivity index (χ3v) is 2.86. The largest absolute Gasteiger partial charge is 0.298 e. The van der Waals surface area contributed by atoms with Gasteiger partial charge in [0.25, 0.3) is 0 Å². The number of aryl methyl sites for hydroxylation is 1. The fourth-order valence-corrected chi connectivity index (χ4v) is 2.18. The molecule has 0 aliphatic heterocycles. The quantitative estimate of drug-likeness (QED) is 0.589. The topological polar surface area (TPSA) is 30.0 Å². The minimum Gasteiger partial charge on any atom is -0.298 e. The summed E-state index contributed by atoms with van der Waals surface area (Å²) in [6, 6.07) is 0. The lowest BCUT2D eigenvalue weighted by molar-refractivity contribution is 0.112. The highest BCUT2D eigenvalue weighted by Gasteiger charge is 2.10. The van der Waals surface area contributed by atoms with Gasteiger partial charge in [-0.15, -0.1) is 0 Å². The smallest absolute Gasteiger partial charge is 0.153 e. The van der Waals surface area contributed by atoms with Crippen molar-refractivity contribution in [3.8, 4) is 0 Å². The Hall–Kier alpha value is -0.700. The molecule has 0 spiro atoms. The summed E-state index contributed by atoms with van der Waals surface area (Å²) in [5, 5.41) is 0. The number of carbonyl (C=O) groups is 1. The maximum atomic E-state index is 10.8. The number of hydrogen-bond acceptors (Lipinski definition) is 2. The Bertz CT molecular complexity index is 347. The molecule has 0 bridgehead atoms. The van der Waals surface area contributed by atoms with E-state index < -0.39 is 0 Å². The number of rotatable bonds is 2. The van der Waals surface area contributed by atoms with Crippen LogP contribution in [-0.4, -0.2) is 11.3 Å². The Morgan fingerprint density at radius 3 is 2.54 bits per heavy atom. The minimum absolute atomic E-state index is 0.648. The highest BCUT2D eigenvalue weighted by atomic mass is 79.9. The molecule has 2 nitrogen and oxygen atoms in total. The van der Waals surface area contributed by atoms with Gasteiger partial charge in [-0.2, -0.15) is 0 Å². The van der Waals surface area contributed by atoms with E-state index in [1.165, 1.54) is 5.56 Å². The molecular weight excluding hydrogens is 230 g/mol. The summed E-state index contributed by atoms with van der Waals surface area (Å²) in [6.45, 7) is 5.99.